The van der Waals surface area contributed by atoms with E-state index in [1.807, 2.05) is 20.8 Å². The summed E-state index contributed by atoms with van der Waals surface area (Å²) in [5.41, 5.74) is -0.467. The predicted molar refractivity (Wildman–Crippen MR) is 84.8 cm³/mol. The molecule has 0 spiro atoms. The van der Waals surface area contributed by atoms with Gasteiger partial charge in [0.1, 0.15) is 5.60 Å². The van der Waals surface area contributed by atoms with Gasteiger partial charge in [0.2, 0.25) is 5.91 Å². The van der Waals surface area contributed by atoms with Crippen LogP contribution in [0.25, 0.3) is 0 Å². The second-order valence-electron chi connectivity index (χ2n) is 6.19. The second-order valence-corrected chi connectivity index (χ2v) is 6.19. The van der Waals surface area contributed by atoms with Gasteiger partial charge in [0.15, 0.2) is 0 Å². The van der Waals surface area contributed by atoms with E-state index in [0.29, 0.717) is 25.4 Å². The lowest BCUT2D eigenvalue weighted by Gasteiger charge is -2.33. The topological polar surface area (TPSA) is 59.1 Å². The fourth-order valence-electron chi connectivity index (χ4n) is 2.12. The molecule has 0 atom stereocenters. The van der Waals surface area contributed by atoms with Gasteiger partial charge in [-0.1, -0.05) is 0 Å². The Hall–Kier alpha value is -1.74. The highest BCUT2D eigenvalue weighted by molar-refractivity contribution is 5.75. The molecule has 0 aromatic carbocycles. The zero-order chi connectivity index (χ0) is 17.3. The molecule has 1 heterocycles. The SMILES string of the molecule is C#C.CON(C)C(=O)CC1CCN(C(=O)OC(C)(C)C)CC1. The molecule has 0 aromatic rings. The van der Waals surface area contributed by atoms with E-state index in [1.165, 1.54) is 12.2 Å². The molecule has 0 aromatic heterocycles. The van der Waals surface area contributed by atoms with Crippen LogP contribution in [0.15, 0.2) is 0 Å². The number of hydroxylamine groups is 2. The first kappa shape index (κ1) is 20.3. The number of hydrogen-bond donors (Lipinski definition) is 0. The van der Waals surface area contributed by atoms with Crippen LogP contribution in [0.5, 0.6) is 0 Å². The monoisotopic (exact) mass is 312 g/mol. The Balaban J connectivity index is 0.00000211. The number of ether oxygens (including phenoxy) is 1. The van der Waals surface area contributed by atoms with E-state index in [0.717, 1.165) is 12.8 Å². The van der Waals surface area contributed by atoms with Crippen molar-refractivity contribution in [3.63, 3.8) is 0 Å². The highest BCUT2D eigenvalue weighted by atomic mass is 16.7. The number of amides is 2. The zero-order valence-corrected chi connectivity index (χ0v) is 14.3. The Bertz CT molecular complexity index is 379. The minimum atomic E-state index is -0.467. The normalized spacial score (nSPS) is 15.5. The van der Waals surface area contributed by atoms with Gasteiger partial charge < -0.3 is 9.64 Å². The van der Waals surface area contributed by atoms with Crippen molar-refractivity contribution in [1.29, 1.82) is 0 Å². The van der Waals surface area contributed by atoms with E-state index in [1.54, 1.807) is 11.9 Å². The molecule has 0 bridgehead atoms. The van der Waals surface area contributed by atoms with Crippen molar-refractivity contribution < 1.29 is 19.2 Å². The molecule has 0 saturated carbocycles. The molecule has 1 aliphatic rings. The van der Waals surface area contributed by atoms with Gasteiger partial charge in [-0.2, -0.15) is 0 Å². The lowest BCUT2D eigenvalue weighted by Crippen LogP contribution is -2.42. The van der Waals surface area contributed by atoms with Gasteiger partial charge in [0, 0.05) is 26.6 Å². The summed E-state index contributed by atoms with van der Waals surface area (Å²) in [6.07, 6.45) is 9.84. The second kappa shape index (κ2) is 9.31. The number of hydrogen-bond acceptors (Lipinski definition) is 4. The van der Waals surface area contributed by atoms with Crippen LogP contribution in [-0.2, 0) is 14.4 Å². The van der Waals surface area contributed by atoms with Gasteiger partial charge in [-0.25, -0.2) is 9.86 Å². The summed E-state index contributed by atoms with van der Waals surface area (Å²) in [6.45, 7) is 6.86. The Labute approximate surface area is 133 Å². The molecule has 1 aliphatic heterocycles. The molecule has 1 rings (SSSR count). The Morgan fingerprint density at radius 1 is 1.23 bits per heavy atom. The summed E-state index contributed by atoms with van der Waals surface area (Å²) < 4.78 is 5.34. The molecule has 1 saturated heterocycles. The molecule has 1 fully saturated rings. The van der Waals surface area contributed by atoms with Gasteiger partial charge in [-0.05, 0) is 39.5 Å². The largest absolute Gasteiger partial charge is 0.444 e. The number of carbonyl (C=O) groups excluding carboxylic acids is 2. The summed E-state index contributed by atoms with van der Waals surface area (Å²) >= 11 is 0. The molecule has 6 heteroatoms. The summed E-state index contributed by atoms with van der Waals surface area (Å²) in [5.74, 6) is 0.280. The number of terminal acetylenes is 1. The number of nitrogens with zero attached hydrogens (tertiary/aromatic N) is 2. The lowest BCUT2D eigenvalue weighted by atomic mass is 9.93. The van der Waals surface area contributed by atoms with Crippen molar-refractivity contribution >= 4 is 12.0 Å². The Morgan fingerprint density at radius 2 is 1.73 bits per heavy atom. The number of carbonyl (C=O) groups is 2. The predicted octanol–water partition coefficient (Wildman–Crippen LogP) is 2.29. The molecule has 126 valence electrons. The molecule has 0 N–H and O–H groups in total. The number of piperidine rings is 1. The van der Waals surface area contributed by atoms with Crippen molar-refractivity contribution in [1.82, 2.24) is 9.96 Å². The van der Waals surface area contributed by atoms with E-state index in [2.05, 4.69) is 12.8 Å². The van der Waals surface area contributed by atoms with Gasteiger partial charge in [-0.15, -0.1) is 12.8 Å². The molecule has 0 unspecified atom stereocenters. The number of likely N-dealkylation sites (tertiary alicyclic amines) is 1. The third kappa shape index (κ3) is 7.32. The van der Waals surface area contributed by atoms with E-state index >= 15 is 0 Å². The first-order valence-corrected chi connectivity index (χ1v) is 7.35. The molecule has 22 heavy (non-hydrogen) atoms. The minimum absolute atomic E-state index is 0.0248. The molecular weight excluding hydrogens is 284 g/mol. The summed E-state index contributed by atoms with van der Waals surface area (Å²) in [5, 5.41) is 1.25. The average Bonchev–Trinajstić information content (AvgIpc) is 2.47. The molecular formula is C16H28N2O4. The third-order valence-corrected chi connectivity index (χ3v) is 3.35. The fraction of sp³-hybridized carbons (Fsp3) is 0.750. The minimum Gasteiger partial charge on any atom is -0.444 e. The van der Waals surface area contributed by atoms with E-state index in [4.69, 9.17) is 9.57 Å². The van der Waals surface area contributed by atoms with Crippen LogP contribution in [0, 0.1) is 18.8 Å². The van der Waals surface area contributed by atoms with Crippen LogP contribution in [-0.4, -0.2) is 54.8 Å². The van der Waals surface area contributed by atoms with Crippen LogP contribution in [0.3, 0.4) is 0 Å². The lowest BCUT2D eigenvalue weighted by molar-refractivity contribution is -0.170. The maximum atomic E-state index is 11.9. The van der Waals surface area contributed by atoms with Crippen LogP contribution in [0.4, 0.5) is 4.79 Å². The summed E-state index contributed by atoms with van der Waals surface area (Å²) in [4.78, 5) is 30.2. The highest BCUT2D eigenvalue weighted by Crippen LogP contribution is 2.22. The quantitative estimate of drug-likeness (QED) is 0.592. The molecule has 2 amide bonds. The van der Waals surface area contributed by atoms with Gasteiger partial charge in [-0.3, -0.25) is 9.63 Å². The van der Waals surface area contributed by atoms with Gasteiger partial charge in [0.25, 0.3) is 0 Å². The number of rotatable bonds is 3. The smallest absolute Gasteiger partial charge is 0.410 e. The van der Waals surface area contributed by atoms with Crippen molar-refractivity contribution in [2.45, 2.75) is 45.6 Å². The summed E-state index contributed by atoms with van der Waals surface area (Å²) in [7, 11) is 3.08. The summed E-state index contributed by atoms with van der Waals surface area (Å²) in [6, 6.07) is 0. The van der Waals surface area contributed by atoms with Crippen molar-refractivity contribution in [3.8, 4) is 12.8 Å². The average molecular weight is 312 g/mol. The third-order valence-electron chi connectivity index (χ3n) is 3.35. The molecule has 0 aliphatic carbocycles. The maximum Gasteiger partial charge on any atom is 0.410 e. The van der Waals surface area contributed by atoms with E-state index in [-0.39, 0.29) is 12.0 Å². The zero-order valence-electron chi connectivity index (χ0n) is 14.3. The Kier molecular flexibility index (Phi) is 8.58. The first-order valence-electron chi connectivity index (χ1n) is 7.35. The highest BCUT2D eigenvalue weighted by Gasteiger charge is 2.28. The molecule has 0 radical (unpaired) electrons. The van der Waals surface area contributed by atoms with E-state index in [9.17, 15) is 9.59 Å². The molecule has 6 nitrogen and oxygen atoms in total. The maximum absolute atomic E-state index is 11.9. The van der Waals surface area contributed by atoms with E-state index < -0.39 is 5.60 Å². The van der Waals surface area contributed by atoms with Crippen molar-refractivity contribution in [2.75, 3.05) is 27.2 Å². The standard InChI is InChI=1S/C14H26N2O4.C2H2/c1-14(2,3)20-13(18)16-8-6-11(7-9-16)10-12(17)15(4)19-5;1-2/h11H,6-10H2,1-5H3;1-2H. The Morgan fingerprint density at radius 3 is 2.14 bits per heavy atom. The van der Waals surface area contributed by atoms with Gasteiger partial charge >= 0.3 is 6.09 Å². The fourth-order valence-corrected chi connectivity index (χ4v) is 2.12. The van der Waals surface area contributed by atoms with Crippen LogP contribution in [0.1, 0.15) is 40.0 Å². The van der Waals surface area contributed by atoms with Crippen molar-refractivity contribution in [3.05, 3.63) is 0 Å². The first-order chi connectivity index (χ1) is 10.2. The van der Waals surface area contributed by atoms with Crippen molar-refractivity contribution in [2.24, 2.45) is 5.92 Å². The van der Waals surface area contributed by atoms with Crippen LogP contribution < -0.4 is 0 Å². The van der Waals surface area contributed by atoms with Gasteiger partial charge in [0.05, 0.1) is 7.11 Å². The van der Waals surface area contributed by atoms with Crippen LogP contribution >= 0.6 is 0 Å². The van der Waals surface area contributed by atoms with Crippen LogP contribution in [0.2, 0.25) is 0 Å².